The molecule has 24 heavy (non-hydrogen) atoms. The van der Waals surface area contributed by atoms with Crippen LogP contribution in [0.2, 0.25) is 0 Å². The van der Waals surface area contributed by atoms with Crippen LogP contribution >= 0.6 is 11.6 Å². The maximum Gasteiger partial charge on any atom is 0.287 e. The van der Waals surface area contributed by atoms with Gasteiger partial charge >= 0.3 is 0 Å². The van der Waals surface area contributed by atoms with Crippen LogP contribution in [0.3, 0.4) is 0 Å². The maximum atomic E-state index is 11.4. The number of hydrogen-bond donors (Lipinski definition) is 1. The zero-order valence-corrected chi connectivity index (χ0v) is 15.2. The summed E-state index contributed by atoms with van der Waals surface area (Å²) in [6.07, 6.45) is 7.55. The Morgan fingerprint density at radius 1 is 1.29 bits per heavy atom. The van der Waals surface area contributed by atoms with Crippen molar-refractivity contribution in [1.29, 1.82) is 0 Å². The van der Waals surface area contributed by atoms with Crippen molar-refractivity contribution < 1.29 is 4.92 Å². The van der Waals surface area contributed by atoms with Gasteiger partial charge in [-0.05, 0) is 31.4 Å². The number of nitrogens with one attached hydrogen (secondary N) is 1. The third-order valence-electron chi connectivity index (χ3n) is 3.61. The van der Waals surface area contributed by atoms with Crippen molar-refractivity contribution in [3.8, 4) is 0 Å². The van der Waals surface area contributed by atoms with Crippen LogP contribution in [0.25, 0.3) is 0 Å². The number of benzene rings is 1. The SMILES string of the molecule is CCC/C=C(Cl)/C=C\C(=C(/C)NC(CC)c1ccccc1)[N+](=O)[O-]. The van der Waals surface area contributed by atoms with E-state index in [4.69, 9.17) is 11.6 Å². The Kier molecular flexibility index (Phi) is 8.87. The second-order valence-corrected chi connectivity index (χ2v) is 5.93. The topological polar surface area (TPSA) is 55.2 Å². The van der Waals surface area contributed by atoms with Crippen molar-refractivity contribution >= 4 is 11.6 Å². The van der Waals surface area contributed by atoms with Crippen LogP contribution in [0.4, 0.5) is 0 Å². The fourth-order valence-electron chi connectivity index (χ4n) is 2.27. The normalized spacial score (nSPS) is 14.4. The Morgan fingerprint density at radius 3 is 2.50 bits per heavy atom. The van der Waals surface area contributed by atoms with Gasteiger partial charge < -0.3 is 5.32 Å². The number of nitrogens with zero attached hydrogens (tertiary/aromatic N) is 1. The number of unbranched alkanes of at least 4 members (excludes halogenated alkanes) is 1. The minimum absolute atomic E-state index is 0.0208. The third kappa shape index (κ3) is 6.59. The maximum absolute atomic E-state index is 11.4. The van der Waals surface area contributed by atoms with Gasteiger partial charge in [0.15, 0.2) is 0 Å². The first-order valence-corrected chi connectivity index (χ1v) is 8.57. The van der Waals surface area contributed by atoms with Gasteiger partial charge in [-0.1, -0.05) is 68.3 Å². The van der Waals surface area contributed by atoms with Crippen molar-refractivity contribution in [3.63, 3.8) is 0 Å². The Balaban J connectivity index is 2.99. The van der Waals surface area contributed by atoms with Crippen molar-refractivity contribution in [2.45, 2.75) is 46.1 Å². The molecule has 0 amide bonds. The lowest BCUT2D eigenvalue weighted by Crippen LogP contribution is -2.21. The van der Waals surface area contributed by atoms with Crippen LogP contribution in [0.1, 0.15) is 51.6 Å². The lowest BCUT2D eigenvalue weighted by atomic mass is 10.0. The highest BCUT2D eigenvalue weighted by Gasteiger charge is 2.16. The third-order valence-corrected chi connectivity index (χ3v) is 3.89. The molecule has 1 N–H and O–H groups in total. The molecule has 0 radical (unpaired) electrons. The number of allylic oxidation sites excluding steroid dienone is 5. The Labute approximate surface area is 149 Å². The summed E-state index contributed by atoms with van der Waals surface area (Å²) in [5.41, 5.74) is 1.64. The van der Waals surface area contributed by atoms with E-state index < -0.39 is 0 Å². The smallest absolute Gasteiger partial charge is 0.287 e. The molecule has 0 heterocycles. The molecule has 0 bridgehead atoms. The summed E-state index contributed by atoms with van der Waals surface area (Å²) < 4.78 is 0. The van der Waals surface area contributed by atoms with Crippen molar-refractivity contribution in [2.75, 3.05) is 0 Å². The van der Waals surface area contributed by atoms with Gasteiger partial charge in [-0.25, -0.2) is 0 Å². The number of hydrogen-bond acceptors (Lipinski definition) is 3. The van der Waals surface area contributed by atoms with E-state index in [9.17, 15) is 10.1 Å². The highest BCUT2D eigenvalue weighted by atomic mass is 35.5. The molecule has 0 aliphatic carbocycles. The molecule has 130 valence electrons. The first kappa shape index (κ1) is 20.0. The molecule has 0 aliphatic heterocycles. The lowest BCUT2D eigenvalue weighted by Gasteiger charge is -2.18. The molecule has 0 aromatic heterocycles. The number of rotatable bonds is 9. The summed E-state index contributed by atoms with van der Waals surface area (Å²) in [6.45, 7) is 5.82. The largest absolute Gasteiger partial charge is 0.376 e. The number of halogens is 1. The van der Waals surface area contributed by atoms with Gasteiger partial charge in [-0.15, -0.1) is 0 Å². The van der Waals surface area contributed by atoms with Gasteiger partial charge in [-0.2, -0.15) is 0 Å². The average Bonchev–Trinajstić information content (AvgIpc) is 2.58. The van der Waals surface area contributed by atoms with Crippen molar-refractivity contribution in [1.82, 2.24) is 5.32 Å². The van der Waals surface area contributed by atoms with E-state index in [0.29, 0.717) is 10.7 Å². The molecule has 4 nitrogen and oxygen atoms in total. The molecule has 0 saturated heterocycles. The van der Waals surface area contributed by atoms with Crippen LogP contribution in [0.5, 0.6) is 0 Å². The predicted molar refractivity (Wildman–Crippen MR) is 100 cm³/mol. The standard InChI is InChI=1S/C19H25ClN2O2/c1-4-6-12-17(20)13-14-19(22(23)24)15(3)21-18(5-2)16-10-8-7-9-11-16/h7-14,18,21H,4-6H2,1-3H3/b14-13-,17-12-,19-15-. The lowest BCUT2D eigenvalue weighted by molar-refractivity contribution is -0.420. The molecule has 0 spiro atoms. The zero-order valence-electron chi connectivity index (χ0n) is 14.5. The molecule has 1 aromatic rings. The van der Waals surface area contributed by atoms with Crippen LogP contribution in [-0.4, -0.2) is 4.92 Å². The summed E-state index contributed by atoms with van der Waals surface area (Å²) in [5.74, 6) is 0. The van der Waals surface area contributed by atoms with Gasteiger partial charge in [0.2, 0.25) is 0 Å². The zero-order chi connectivity index (χ0) is 17.9. The van der Waals surface area contributed by atoms with E-state index in [1.165, 1.54) is 6.08 Å². The van der Waals surface area contributed by atoms with Crippen LogP contribution in [0.15, 0.2) is 65.0 Å². The highest BCUT2D eigenvalue weighted by molar-refractivity contribution is 6.31. The summed E-state index contributed by atoms with van der Waals surface area (Å²) in [4.78, 5) is 11.0. The Morgan fingerprint density at radius 2 is 1.96 bits per heavy atom. The molecule has 0 aliphatic rings. The first-order chi connectivity index (χ1) is 11.5. The predicted octanol–water partition coefficient (Wildman–Crippen LogP) is 5.71. The second kappa shape index (κ2) is 10.7. The Bertz CT molecular complexity index is 622. The fourth-order valence-corrected chi connectivity index (χ4v) is 2.45. The van der Waals surface area contributed by atoms with Gasteiger partial charge in [0.1, 0.15) is 0 Å². The van der Waals surface area contributed by atoms with E-state index >= 15 is 0 Å². The minimum Gasteiger partial charge on any atom is -0.376 e. The monoisotopic (exact) mass is 348 g/mol. The highest BCUT2D eigenvalue weighted by Crippen LogP contribution is 2.19. The minimum atomic E-state index is -0.388. The quantitative estimate of drug-likeness (QED) is 0.353. The van der Waals surface area contributed by atoms with Crippen LogP contribution in [-0.2, 0) is 0 Å². The molecule has 1 atom stereocenters. The fraction of sp³-hybridized carbons (Fsp3) is 0.368. The second-order valence-electron chi connectivity index (χ2n) is 5.49. The van der Waals surface area contributed by atoms with E-state index in [1.54, 1.807) is 13.0 Å². The molecular formula is C19H25ClN2O2. The van der Waals surface area contributed by atoms with E-state index in [2.05, 4.69) is 12.2 Å². The molecule has 0 saturated carbocycles. The molecule has 1 rings (SSSR count). The van der Waals surface area contributed by atoms with Crippen molar-refractivity contribution in [2.24, 2.45) is 0 Å². The number of nitro groups is 1. The summed E-state index contributed by atoms with van der Waals surface area (Å²) in [5, 5.41) is 15.1. The molecule has 0 fully saturated rings. The van der Waals surface area contributed by atoms with Crippen LogP contribution < -0.4 is 5.32 Å². The first-order valence-electron chi connectivity index (χ1n) is 8.20. The molecule has 1 aromatic carbocycles. The molecule has 5 heteroatoms. The average molecular weight is 349 g/mol. The van der Waals surface area contributed by atoms with Gasteiger partial charge in [-0.3, -0.25) is 10.1 Å². The summed E-state index contributed by atoms with van der Waals surface area (Å²) >= 11 is 6.05. The summed E-state index contributed by atoms with van der Waals surface area (Å²) in [7, 11) is 0. The molecule has 1 unspecified atom stereocenters. The van der Waals surface area contributed by atoms with Crippen molar-refractivity contribution in [3.05, 3.63) is 80.7 Å². The summed E-state index contributed by atoms with van der Waals surface area (Å²) in [6, 6.07) is 9.94. The van der Waals surface area contributed by atoms with E-state index in [1.807, 2.05) is 43.3 Å². The van der Waals surface area contributed by atoms with Gasteiger partial charge in [0, 0.05) is 11.1 Å². The van der Waals surface area contributed by atoms with E-state index in [-0.39, 0.29) is 16.7 Å². The Hall–Kier alpha value is -2.07. The molecular weight excluding hydrogens is 324 g/mol. The van der Waals surface area contributed by atoms with Crippen LogP contribution in [0, 0.1) is 10.1 Å². The van der Waals surface area contributed by atoms with E-state index in [0.717, 1.165) is 24.8 Å². The van der Waals surface area contributed by atoms with Gasteiger partial charge in [0.05, 0.1) is 16.7 Å². The van der Waals surface area contributed by atoms with Gasteiger partial charge in [0.25, 0.3) is 5.70 Å².